The first kappa shape index (κ1) is 15.2. The predicted octanol–water partition coefficient (Wildman–Crippen LogP) is 1.71. The van der Waals surface area contributed by atoms with E-state index >= 15 is 0 Å². The maximum atomic E-state index is 12.1. The van der Waals surface area contributed by atoms with Crippen LogP contribution in [-0.4, -0.2) is 19.6 Å². The molecule has 0 amide bonds. The van der Waals surface area contributed by atoms with Crippen molar-refractivity contribution >= 4 is 21.4 Å². The number of aromatic nitrogens is 1. The van der Waals surface area contributed by atoms with Crippen molar-refractivity contribution in [2.24, 2.45) is 0 Å². The van der Waals surface area contributed by atoms with Crippen molar-refractivity contribution in [3.8, 4) is 0 Å². The third-order valence-electron chi connectivity index (χ3n) is 2.56. The van der Waals surface area contributed by atoms with Crippen LogP contribution in [0.5, 0.6) is 0 Å². The fourth-order valence-electron chi connectivity index (χ4n) is 1.48. The molecule has 2 aromatic heterocycles. The van der Waals surface area contributed by atoms with Gasteiger partial charge in [0.25, 0.3) is 0 Å². The van der Waals surface area contributed by atoms with E-state index in [0.717, 1.165) is 4.88 Å². The van der Waals surface area contributed by atoms with Crippen LogP contribution in [0.4, 0.5) is 0 Å². The first-order valence-corrected chi connectivity index (χ1v) is 8.53. The van der Waals surface area contributed by atoms with E-state index in [4.69, 9.17) is 0 Å². The highest BCUT2D eigenvalue weighted by atomic mass is 32.2. The molecule has 0 unspecified atom stereocenters. The van der Waals surface area contributed by atoms with Gasteiger partial charge in [-0.25, -0.2) is 13.1 Å². The van der Waals surface area contributed by atoms with Crippen LogP contribution in [-0.2, 0) is 23.1 Å². The number of nitrogens with zero attached hydrogens (tertiary/aromatic N) is 1. The summed E-state index contributed by atoms with van der Waals surface area (Å²) in [5.74, 6) is 0. The molecule has 2 heterocycles. The standard InChI is InChI=1S/C12H17N3O3S2/c1-9(2)13-7-11-5-12(8-19-11)20(16,17)14-6-10-3-4-18-15-10/h3-5,8-9,13-14H,6-7H2,1-2H3. The highest BCUT2D eigenvalue weighted by molar-refractivity contribution is 7.89. The van der Waals surface area contributed by atoms with Gasteiger partial charge >= 0.3 is 0 Å². The quantitative estimate of drug-likeness (QED) is 0.812. The number of thiophene rings is 1. The molecule has 8 heteroatoms. The van der Waals surface area contributed by atoms with Crippen LogP contribution in [0.3, 0.4) is 0 Å². The van der Waals surface area contributed by atoms with E-state index in [0.29, 0.717) is 18.3 Å². The third-order valence-corrected chi connectivity index (χ3v) is 5.03. The smallest absolute Gasteiger partial charge is 0.241 e. The maximum Gasteiger partial charge on any atom is 0.241 e. The van der Waals surface area contributed by atoms with Gasteiger partial charge in [0.1, 0.15) is 6.26 Å². The lowest BCUT2D eigenvalue weighted by atomic mass is 10.4. The lowest BCUT2D eigenvalue weighted by Crippen LogP contribution is -2.23. The van der Waals surface area contributed by atoms with Gasteiger partial charge in [-0.05, 0) is 6.07 Å². The molecule has 0 saturated carbocycles. The van der Waals surface area contributed by atoms with E-state index in [9.17, 15) is 8.42 Å². The monoisotopic (exact) mass is 315 g/mol. The first-order valence-electron chi connectivity index (χ1n) is 6.17. The maximum absolute atomic E-state index is 12.1. The molecule has 0 fully saturated rings. The summed E-state index contributed by atoms with van der Waals surface area (Å²) < 4.78 is 31.3. The van der Waals surface area contributed by atoms with Crippen LogP contribution in [0, 0.1) is 0 Å². The molecule has 6 nitrogen and oxygen atoms in total. The molecule has 0 atom stereocenters. The van der Waals surface area contributed by atoms with Crippen LogP contribution in [0.1, 0.15) is 24.4 Å². The van der Waals surface area contributed by atoms with E-state index < -0.39 is 10.0 Å². The fourth-order valence-corrected chi connectivity index (χ4v) is 3.70. The van der Waals surface area contributed by atoms with Gasteiger partial charge in [-0.1, -0.05) is 19.0 Å². The molecule has 110 valence electrons. The largest absolute Gasteiger partial charge is 0.364 e. The van der Waals surface area contributed by atoms with E-state index in [-0.39, 0.29) is 11.4 Å². The Morgan fingerprint density at radius 1 is 1.40 bits per heavy atom. The zero-order valence-electron chi connectivity index (χ0n) is 11.3. The van der Waals surface area contributed by atoms with Crippen molar-refractivity contribution in [2.45, 2.75) is 37.9 Å². The summed E-state index contributed by atoms with van der Waals surface area (Å²) in [4.78, 5) is 1.27. The molecular weight excluding hydrogens is 298 g/mol. The van der Waals surface area contributed by atoms with Gasteiger partial charge in [-0.3, -0.25) is 0 Å². The first-order chi connectivity index (χ1) is 9.47. The van der Waals surface area contributed by atoms with Crippen LogP contribution in [0.15, 0.2) is 33.2 Å². The van der Waals surface area contributed by atoms with E-state index in [1.807, 2.05) is 13.8 Å². The minimum absolute atomic E-state index is 0.119. The molecule has 0 aliphatic carbocycles. The summed E-state index contributed by atoms with van der Waals surface area (Å²) >= 11 is 1.43. The summed E-state index contributed by atoms with van der Waals surface area (Å²) in [7, 11) is -3.50. The van der Waals surface area contributed by atoms with Crippen LogP contribution in [0.2, 0.25) is 0 Å². The zero-order chi connectivity index (χ0) is 14.6. The molecule has 2 N–H and O–H groups in total. The highest BCUT2D eigenvalue weighted by Crippen LogP contribution is 2.19. The minimum Gasteiger partial charge on any atom is -0.364 e. The SMILES string of the molecule is CC(C)NCc1cc(S(=O)(=O)NCc2ccon2)cs1. The number of nitrogens with one attached hydrogen (secondary N) is 2. The van der Waals surface area contributed by atoms with Gasteiger partial charge in [-0.15, -0.1) is 11.3 Å². The number of rotatable bonds is 7. The molecule has 0 radical (unpaired) electrons. The Kier molecular flexibility index (Phi) is 4.92. The Bertz CT molecular complexity index is 633. The van der Waals surface area contributed by atoms with Crippen molar-refractivity contribution < 1.29 is 12.9 Å². The van der Waals surface area contributed by atoms with E-state index in [2.05, 4.69) is 19.7 Å². The molecule has 2 aromatic rings. The molecule has 0 aromatic carbocycles. The zero-order valence-corrected chi connectivity index (χ0v) is 12.9. The van der Waals surface area contributed by atoms with Gasteiger partial charge in [0.2, 0.25) is 10.0 Å². The molecular formula is C12H17N3O3S2. The highest BCUT2D eigenvalue weighted by Gasteiger charge is 2.16. The Morgan fingerprint density at radius 3 is 2.85 bits per heavy atom. The minimum atomic E-state index is -3.50. The molecule has 20 heavy (non-hydrogen) atoms. The molecule has 0 bridgehead atoms. The Labute approximate surface area is 122 Å². The van der Waals surface area contributed by atoms with Gasteiger partial charge in [0.15, 0.2) is 0 Å². The van der Waals surface area contributed by atoms with Crippen LogP contribution >= 0.6 is 11.3 Å². The second-order valence-electron chi connectivity index (χ2n) is 4.60. The second kappa shape index (κ2) is 6.49. The summed E-state index contributed by atoms with van der Waals surface area (Å²) in [6.07, 6.45) is 1.41. The number of hydrogen-bond donors (Lipinski definition) is 2. The Hall–Kier alpha value is -1.22. The predicted molar refractivity (Wildman–Crippen MR) is 76.8 cm³/mol. The number of hydrogen-bond acceptors (Lipinski definition) is 6. The van der Waals surface area contributed by atoms with Crippen LogP contribution in [0.25, 0.3) is 0 Å². The van der Waals surface area contributed by atoms with Crippen molar-refractivity contribution in [1.82, 2.24) is 15.2 Å². The third kappa shape index (κ3) is 4.14. The summed E-state index contributed by atoms with van der Waals surface area (Å²) in [5, 5.41) is 8.55. The Balaban J connectivity index is 1.98. The van der Waals surface area contributed by atoms with Crippen molar-refractivity contribution in [3.05, 3.63) is 34.3 Å². The summed E-state index contributed by atoms with van der Waals surface area (Å²) in [6.45, 7) is 4.88. The van der Waals surface area contributed by atoms with Gasteiger partial charge < -0.3 is 9.84 Å². The topological polar surface area (TPSA) is 84.2 Å². The lowest BCUT2D eigenvalue weighted by molar-refractivity contribution is 0.411. The summed E-state index contributed by atoms with van der Waals surface area (Å²) in [6, 6.07) is 3.67. The molecule has 0 spiro atoms. The average molecular weight is 315 g/mol. The normalized spacial score (nSPS) is 12.2. The van der Waals surface area contributed by atoms with Gasteiger partial charge in [-0.2, -0.15) is 0 Å². The molecule has 0 saturated heterocycles. The van der Waals surface area contributed by atoms with Crippen molar-refractivity contribution in [1.29, 1.82) is 0 Å². The lowest BCUT2D eigenvalue weighted by Gasteiger charge is -2.05. The molecule has 2 rings (SSSR count). The van der Waals surface area contributed by atoms with Crippen LogP contribution < -0.4 is 10.0 Å². The molecule has 0 aliphatic rings. The van der Waals surface area contributed by atoms with Gasteiger partial charge in [0, 0.05) is 28.9 Å². The second-order valence-corrected chi connectivity index (χ2v) is 7.36. The molecule has 0 aliphatic heterocycles. The fraction of sp³-hybridized carbons (Fsp3) is 0.417. The van der Waals surface area contributed by atoms with Gasteiger partial charge in [0.05, 0.1) is 17.1 Å². The van der Waals surface area contributed by atoms with E-state index in [1.165, 1.54) is 17.6 Å². The average Bonchev–Trinajstić information content (AvgIpc) is 3.05. The number of sulfonamides is 1. The van der Waals surface area contributed by atoms with Crippen molar-refractivity contribution in [3.63, 3.8) is 0 Å². The van der Waals surface area contributed by atoms with E-state index in [1.54, 1.807) is 17.5 Å². The summed E-state index contributed by atoms with van der Waals surface area (Å²) in [5.41, 5.74) is 0.547. The Morgan fingerprint density at radius 2 is 2.20 bits per heavy atom. The van der Waals surface area contributed by atoms with Crippen molar-refractivity contribution in [2.75, 3.05) is 0 Å².